The molecule has 1 aromatic rings. The summed E-state index contributed by atoms with van der Waals surface area (Å²) in [5.74, 6) is 0.284. The predicted octanol–water partition coefficient (Wildman–Crippen LogP) is 2.89. The molecule has 18 heavy (non-hydrogen) atoms. The molecule has 3 nitrogen and oxygen atoms in total. The number of rotatable bonds is 5. The van der Waals surface area contributed by atoms with Crippen LogP contribution >= 0.6 is 22.9 Å². The van der Waals surface area contributed by atoms with Crippen LogP contribution in [-0.2, 0) is 11.3 Å². The van der Waals surface area contributed by atoms with E-state index >= 15 is 0 Å². The Kier molecular flexibility index (Phi) is 5.47. The van der Waals surface area contributed by atoms with E-state index in [2.05, 4.69) is 5.32 Å². The fraction of sp³-hybridized carbons (Fsp3) is 0.615. The quantitative estimate of drug-likeness (QED) is 0.844. The van der Waals surface area contributed by atoms with E-state index in [9.17, 15) is 4.79 Å². The normalized spacial score (nSPS) is 15.9. The van der Waals surface area contributed by atoms with E-state index in [1.165, 1.54) is 11.3 Å². The topological polar surface area (TPSA) is 32.3 Å². The van der Waals surface area contributed by atoms with E-state index in [-0.39, 0.29) is 5.91 Å². The lowest BCUT2D eigenvalue weighted by atomic mass is 10.1. The zero-order chi connectivity index (χ0) is 12.8. The van der Waals surface area contributed by atoms with Crippen LogP contribution in [0.2, 0.25) is 5.02 Å². The zero-order valence-corrected chi connectivity index (χ0v) is 12.0. The summed E-state index contributed by atoms with van der Waals surface area (Å²) in [5, 5.41) is 6.01. The van der Waals surface area contributed by atoms with E-state index in [4.69, 9.17) is 11.6 Å². The summed E-state index contributed by atoms with van der Waals surface area (Å²) in [6, 6.07) is 1.96. The van der Waals surface area contributed by atoms with Crippen molar-refractivity contribution < 1.29 is 4.79 Å². The van der Waals surface area contributed by atoms with Crippen LogP contribution < -0.4 is 5.32 Å². The molecule has 0 bridgehead atoms. The summed E-state index contributed by atoms with van der Waals surface area (Å²) in [6.07, 6.45) is 4.18. The highest BCUT2D eigenvalue weighted by Gasteiger charge is 2.15. The maximum atomic E-state index is 11.9. The first kappa shape index (κ1) is 13.8. The van der Waals surface area contributed by atoms with E-state index in [1.807, 2.05) is 16.3 Å². The third kappa shape index (κ3) is 4.26. The van der Waals surface area contributed by atoms with Gasteiger partial charge in [-0.05, 0) is 25.3 Å². The lowest BCUT2D eigenvalue weighted by molar-refractivity contribution is -0.131. The number of nitrogens with one attached hydrogen (secondary N) is 1. The smallest absolute Gasteiger partial charge is 0.223 e. The molecule has 1 fully saturated rings. The Labute approximate surface area is 117 Å². The van der Waals surface area contributed by atoms with Gasteiger partial charge in [0.2, 0.25) is 5.91 Å². The summed E-state index contributed by atoms with van der Waals surface area (Å²) >= 11 is 7.49. The minimum atomic E-state index is 0.284. The van der Waals surface area contributed by atoms with Crippen molar-refractivity contribution in [3.63, 3.8) is 0 Å². The number of carbonyl (C=O) groups is 1. The zero-order valence-electron chi connectivity index (χ0n) is 10.5. The highest BCUT2D eigenvalue weighted by molar-refractivity contribution is 7.10. The molecule has 1 aliphatic rings. The number of amides is 1. The van der Waals surface area contributed by atoms with Gasteiger partial charge in [-0.3, -0.25) is 4.79 Å². The lowest BCUT2D eigenvalue weighted by Crippen LogP contribution is -2.37. The van der Waals surface area contributed by atoms with Crippen molar-refractivity contribution in [2.45, 2.75) is 32.2 Å². The van der Waals surface area contributed by atoms with Gasteiger partial charge >= 0.3 is 0 Å². The first-order valence-electron chi connectivity index (χ1n) is 6.47. The average Bonchev–Trinajstić information content (AvgIpc) is 2.81. The van der Waals surface area contributed by atoms with Gasteiger partial charge in [0.15, 0.2) is 0 Å². The number of thiophene rings is 1. The number of hydrogen-bond donors (Lipinski definition) is 1. The van der Waals surface area contributed by atoms with Crippen molar-refractivity contribution in [1.29, 1.82) is 0 Å². The molecule has 0 radical (unpaired) electrons. The molecule has 1 aliphatic heterocycles. The van der Waals surface area contributed by atoms with Crippen LogP contribution in [0.15, 0.2) is 11.4 Å². The molecule has 100 valence electrons. The molecule has 0 spiro atoms. The number of nitrogens with zero attached hydrogens (tertiary/aromatic N) is 1. The molecule has 5 heteroatoms. The minimum absolute atomic E-state index is 0.284. The Morgan fingerprint density at radius 3 is 2.83 bits per heavy atom. The van der Waals surface area contributed by atoms with Gasteiger partial charge in [-0.1, -0.05) is 11.6 Å². The SMILES string of the molecule is O=C(CCNCc1cc(Cl)cs1)N1CCCCC1. The summed E-state index contributed by atoms with van der Waals surface area (Å²) in [5.41, 5.74) is 0. The van der Waals surface area contributed by atoms with Crippen molar-refractivity contribution in [1.82, 2.24) is 10.2 Å². The molecule has 0 aliphatic carbocycles. The van der Waals surface area contributed by atoms with Gasteiger partial charge in [0.1, 0.15) is 0 Å². The van der Waals surface area contributed by atoms with E-state index in [1.54, 1.807) is 11.3 Å². The lowest BCUT2D eigenvalue weighted by Gasteiger charge is -2.26. The van der Waals surface area contributed by atoms with Crippen molar-refractivity contribution >= 4 is 28.8 Å². The number of piperidine rings is 1. The van der Waals surface area contributed by atoms with Gasteiger partial charge in [0, 0.05) is 42.9 Å². The standard InChI is InChI=1S/C13H19ClN2OS/c14-11-8-12(18-10-11)9-15-5-4-13(17)16-6-2-1-3-7-16/h8,10,15H,1-7,9H2. The molecule has 2 heterocycles. The third-order valence-electron chi connectivity index (χ3n) is 3.15. The van der Waals surface area contributed by atoms with Crippen LogP contribution in [-0.4, -0.2) is 30.4 Å². The van der Waals surface area contributed by atoms with Gasteiger partial charge in [0.25, 0.3) is 0 Å². The van der Waals surface area contributed by atoms with Gasteiger partial charge in [-0.15, -0.1) is 11.3 Å². The van der Waals surface area contributed by atoms with Crippen LogP contribution in [0, 0.1) is 0 Å². The highest BCUT2D eigenvalue weighted by atomic mass is 35.5. The Morgan fingerprint density at radius 1 is 1.39 bits per heavy atom. The van der Waals surface area contributed by atoms with Crippen molar-refractivity contribution in [2.75, 3.05) is 19.6 Å². The average molecular weight is 287 g/mol. The number of hydrogen-bond acceptors (Lipinski definition) is 3. The molecular formula is C13H19ClN2OS. The number of halogens is 1. The molecule has 0 saturated carbocycles. The predicted molar refractivity (Wildman–Crippen MR) is 76.1 cm³/mol. The van der Waals surface area contributed by atoms with Crippen molar-refractivity contribution in [3.8, 4) is 0 Å². The fourth-order valence-electron chi connectivity index (χ4n) is 2.15. The molecular weight excluding hydrogens is 268 g/mol. The minimum Gasteiger partial charge on any atom is -0.343 e. The number of carbonyl (C=O) groups excluding carboxylic acids is 1. The molecule has 1 aromatic heterocycles. The monoisotopic (exact) mass is 286 g/mol. The van der Waals surface area contributed by atoms with Gasteiger partial charge in [0.05, 0.1) is 5.02 Å². The Hall–Kier alpha value is -0.580. The van der Waals surface area contributed by atoms with Crippen molar-refractivity contribution in [2.24, 2.45) is 0 Å². The van der Waals surface area contributed by atoms with E-state index in [0.717, 1.165) is 44.0 Å². The molecule has 2 rings (SSSR count). The molecule has 1 amide bonds. The Morgan fingerprint density at radius 2 is 2.17 bits per heavy atom. The first-order chi connectivity index (χ1) is 8.75. The summed E-state index contributed by atoms with van der Waals surface area (Å²) in [6.45, 7) is 3.42. The maximum Gasteiger partial charge on any atom is 0.223 e. The van der Waals surface area contributed by atoms with Crippen molar-refractivity contribution in [3.05, 3.63) is 21.3 Å². The molecule has 0 atom stereocenters. The van der Waals surface area contributed by atoms with Crippen LogP contribution in [0.25, 0.3) is 0 Å². The maximum absolute atomic E-state index is 11.9. The molecule has 1 saturated heterocycles. The van der Waals surface area contributed by atoms with Crippen LogP contribution in [0.1, 0.15) is 30.6 Å². The molecule has 0 unspecified atom stereocenters. The molecule has 0 aromatic carbocycles. The summed E-state index contributed by atoms with van der Waals surface area (Å²) < 4.78 is 0. The Bertz CT molecular complexity index is 388. The summed E-state index contributed by atoms with van der Waals surface area (Å²) in [4.78, 5) is 15.1. The van der Waals surface area contributed by atoms with Crippen LogP contribution in [0.3, 0.4) is 0 Å². The van der Waals surface area contributed by atoms with E-state index in [0.29, 0.717) is 6.42 Å². The number of likely N-dealkylation sites (tertiary alicyclic amines) is 1. The molecule has 1 N–H and O–H groups in total. The second-order valence-electron chi connectivity index (χ2n) is 4.60. The van der Waals surface area contributed by atoms with Gasteiger partial charge in [-0.2, -0.15) is 0 Å². The van der Waals surface area contributed by atoms with Crippen LogP contribution in [0.5, 0.6) is 0 Å². The second-order valence-corrected chi connectivity index (χ2v) is 6.03. The first-order valence-corrected chi connectivity index (χ1v) is 7.73. The second kappa shape index (κ2) is 7.12. The van der Waals surface area contributed by atoms with Crippen LogP contribution in [0.4, 0.5) is 0 Å². The third-order valence-corrected chi connectivity index (χ3v) is 4.43. The summed E-state index contributed by atoms with van der Waals surface area (Å²) in [7, 11) is 0. The van der Waals surface area contributed by atoms with E-state index < -0.39 is 0 Å². The van der Waals surface area contributed by atoms with Gasteiger partial charge in [-0.25, -0.2) is 0 Å². The fourth-order valence-corrected chi connectivity index (χ4v) is 3.20. The Balaban J connectivity index is 1.61. The highest BCUT2D eigenvalue weighted by Crippen LogP contribution is 2.18. The van der Waals surface area contributed by atoms with Gasteiger partial charge < -0.3 is 10.2 Å². The largest absolute Gasteiger partial charge is 0.343 e.